The van der Waals surface area contributed by atoms with Crippen molar-refractivity contribution in [2.24, 2.45) is 17.8 Å². The van der Waals surface area contributed by atoms with Crippen LogP contribution in [0.3, 0.4) is 0 Å². The molecule has 1 N–H and O–H groups in total. The minimum absolute atomic E-state index is 0.00699. The van der Waals surface area contributed by atoms with Crippen molar-refractivity contribution in [3.05, 3.63) is 35.4 Å². The van der Waals surface area contributed by atoms with E-state index < -0.39 is 0 Å². The van der Waals surface area contributed by atoms with Crippen LogP contribution < -0.4 is 14.8 Å². The monoisotopic (exact) mass is 407 g/mol. The smallest absolute Gasteiger partial charge is 0.272 e. The van der Waals surface area contributed by atoms with Crippen LogP contribution in [-0.2, 0) is 0 Å². The molecule has 5 aliphatic rings. The summed E-state index contributed by atoms with van der Waals surface area (Å²) in [6.07, 6.45) is 7.53. The predicted octanol–water partition coefficient (Wildman–Crippen LogP) is 3.96. The van der Waals surface area contributed by atoms with Gasteiger partial charge in [0.1, 0.15) is 24.7 Å². The summed E-state index contributed by atoms with van der Waals surface area (Å²) < 4.78 is 13.4. The molecule has 158 valence electrons. The van der Waals surface area contributed by atoms with E-state index in [9.17, 15) is 4.79 Å². The third kappa shape index (κ3) is 2.83. The van der Waals surface area contributed by atoms with Gasteiger partial charge in [-0.25, -0.2) is 4.98 Å². The number of aryl methyl sites for hydroxylation is 1. The number of hydrogen-bond donors (Lipinski definition) is 1. The molecule has 2 heterocycles. The topological polar surface area (TPSA) is 65.4 Å². The van der Waals surface area contributed by atoms with Crippen molar-refractivity contribution in [3.8, 4) is 17.2 Å². The molecule has 0 spiro atoms. The predicted molar refractivity (Wildman–Crippen MR) is 112 cm³/mol. The fourth-order valence-electron chi connectivity index (χ4n) is 6.97. The number of carbonyl (C=O) groups is 1. The van der Waals surface area contributed by atoms with Gasteiger partial charge in [0.2, 0.25) is 0 Å². The number of rotatable bonds is 3. The van der Waals surface area contributed by atoms with Crippen LogP contribution in [-0.4, -0.2) is 34.2 Å². The van der Waals surface area contributed by atoms with Gasteiger partial charge < -0.3 is 19.4 Å². The molecule has 6 heteroatoms. The van der Waals surface area contributed by atoms with Crippen LogP contribution in [0, 0.1) is 31.6 Å². The number of nitrogens with one attached hydrogen (secondary N) is 1. The first kappa shape index (κ1) is 18.3. The van der Waals surface area contributed by atoms with Crippen molar-refractivity contribution >= 4 is 5.91 Å². The molecule has 1 aromatic heterocycles. The van der Waals surface area contributed by atoms with Crippen molar-refractivity contribution in [1.29, 1.82) is 0 Å². The lowest BCUT2D eigenvalue weighted by Gasteiger charge is -2.56. The Morgan fingerprint density at radius 3 is 2.33 bits per heavy atom. The van der Waals surface area contributed by atoms with E-state index in [1.807, 2.05) is 36.6 Å². The first-order chi connectivity index (χ1) is 14.5. The minimum atomic E-state index is -0.0196. The van der Waals surface area contributed by atoms with Gasteiger partial charge in [0.15, 0.2) is 11.5 Å². The molecule has 4 saturated carbocycles. The third-order valence-corrected chi connectivity index (χ3v) is 7.69. The summed E-state index contributed by atoms with van der Waals surface area (Å²) in [7, 11) is 0. The van der Waals surface area contributed by atoms with Gasteiger partial charge in [0.25, 0.3) is 5.91 Å². The fraction of sp³-hybridized carbons (Fsp3) is 0.583. The molecule has 1 amide bonds. The average molecular weight is 408 g/mol. The van der Waals surface area contributed by atoms with Gasteiger partial charge in [0, 0.05) is 11.6 Å². The number of nitrogens with zero attached hydrogens (tertiary/aromatic N) is 2. The second kappa shape index (κ2) is 6.50. The summed E-state index contributed by atoms with van der Waals surface area (Å²) in [5.41, 5.74) is 2.34. The van der Waals surface area contributed by atoms with Crippen molar-refractivity contribution in [1.82, 2.24) is 14.9 Å². The fourth-order valence-corrected chi connectivity index (χ4v) is 6.97. The molecule has 1 aliphatic heterocycles. The average Bonchev–Trinajstić information content (AvgIpc) is 3.00. The van der Waals surface area contributed by atoms with E-state index in [0.717, 1.165) is 65.7 Å². The molecule has 0 saturated heterocycles. The van der Waals surface area contributed by atoms with Crippen molar-refractivity contribution in [2.45, 2.75) is 57.9 Å². The molecule has 2 aromatic rings. The molecule has 4 bridgehead atoms. The quantitative estimate of drug-likeness (QED) is 0.836. The van der Waals surface area contributed by atoms with Crippen LogP contribution in [0.15, 0.2) is 18.2 Å². The molecule has 7 rings (SSSR count). The summed E-state index contributed by atoms with van der Waals surface area (Å²) in [6, 6.07) is 5.89. The maximum absolute atomic E-state index is 13.3. The molecule has 6 nitrogen and oxygen atoms in total. The maximum atomic E-state index is 13.3. The van der Waals surface area contributed by atoms with Gasteiger partial charge in [-0.3, -0.25) is 4.79 Å². The molecule has 4 aliphatic carbocycles. The normalized spacial score (nSPS) is 31.1. The van der Waals surface area contributed by atoms with Gasteiger partial charge in [-0.15, -0.1) is 0 Å². The summed E-state index contributed by atoms with van der Waals surface area (Å²) in [4.78, 5) is 18.0. The largest absolute Gasteiger partial charge is 0.486 e. The third-order valence-electron chi connectivity index (χ3n) is 7.69. The maximum Gasteiger partial charge on any atom is 0.272 e. The second-order valence-corrected chi connectivity index (χ2v) is 9.91. The first-order valence-corrected chi connectivity index (χ1v) is 11.3. The van der Waals surface area contributed by atoms with Crippen LogP contribution in [0.2, 0.25) is 0 Å². The van der Waals surface area contributed by atoms with E-state index >= 15 is 0 Å². The number of carbonyl (C=O) groups excluding carboxylic acids is 1. The van der Waals surface area contributed by atoms with E-state index in [1.165, 1.54) is 19.3 Å². The van der Waals surface area contributed by atoms with Gasteiger partial charge >= 0.3 is 0 Å². The highest BCUT2D eigenvalue weighted by molar-refractivity contribution is 5.94. The van der Waals surface area contributed by atoms with Gasteiger partial charge in [-0.1, -0.05) is 0 Å². The summed E-state index contributed by atoms with van der Waals surface area (Å²) in [6.45, 7) is 5.05. The van der Waals surface area contributed by atoms with Crippen LogP contribution in [0.5, 0.6) is 11.5 Å². The Hall–Kier alpha value is -2.50. The molecular weight excluding hydrogens is 378 g/mol. The Balaban J connectivity index is 1.29. The molecule has 0 radical (unpaired) electrons. The van der Waals surface area contributed by atoms with E-state index in [0.29, 0.717) is 18.9 Å². The molecule has 30 heavy (non-hydrogen) atoms. The van der Waals surface area contributed by atoms with E-state index in [4.69, 9.17) is 9.47 Å². The molecule has 1 aromatic carbocycles. The van der Waals surface area contributed by atoms with Crippen molar-refractivity contribution in [3.63, 3.8) is 0 Å². The van der Waals surface area contributed by atoms with Gasteiger partial charge in [0.05, 0.1) is 11.4 Å². The SMILES string of the molecule is Cc1nc(C(=O)NC23CC4CC(CC(C4)C2)C3)c(C)n1-c1ccc2c(c1)OCCO2. The number of ether oxygens (including phenoxy) is 2. The van der Waals surface area contributed by atoms with Crippen molar-refractivity contribution in [2.75, 3.05) is 13.2 Å². The van der Waals surface area contributed by atoms with Gasteiger partial charge in [-0.2, -0.15) is 0 Å². The number of amides is 1. The highest BCUT2D eigenvalue weighted by Crippen LogP contribution is 2.55. The number of fused-ring (bicyclic) bond motifs is 1. The van der Waals surface area contributed by atoms with Crippen molar-refractivity contribution < 1.29 is 14.3 Å². The minimum Gasteiger partial charge on any atom is -0.486 e. The summed E-state index contributed by atoms with van der Waals surface area (Å²) in [5.74, 6) is 4.69. The van der Waals surface area contributed by atoms with E-state index in [1.54, 1.807) is 0 Å². The standard InChI is InChI=1S/C24H29N3O3/c1-14-22(23(28)26-24-11-16-7-17(12-24)9-18(8-16)13-24)25-15(2)27(14)19-3-4-20-21(10-19)30-6-5-29-20/h3-4,10,16-18H,5-9,11-13H2,1-2H3,(H,26,28). The lowest BCUT2D eigenvalue weighted by molar-refractivity contribution is -0.0167. The zero-order valence-electron chi connectivity index (χ0n) is 17.7. The van der Waals surface area contributed by atoms with E-state index in [2.05, 4.69) is 10.3 Å². The number of hydrogen-bond acceptors (Lipinski definition) is 4. The highest BCUT2D eigenvalue weighted by Gasteiger charge is 2.51. The van der Waals surface area contributed by atoms with Crippen LogP contribution in [0.25, 0.3) is 5.69 Å². The highest BCUT2D eigenvalue weighted by atomic mass is 16.6. The van der Waals surface area contributed by atoms with Crippen LogP contribution in [0.4, 0.5) is 0 Å². The Morgan fingerprint density at radius 2 is 1.67 bits per heavy atom. The zero-order chi connectivity index (χ0) is 20.5. The lowest BCUT2D eigenvalue weighted by atomic mass is 9.53. The Kier molecular flexibility index (Phi) is 3.96. The van der Waals surface area contributed by atoms with Gasteiger partial charge in [-0.05, 0) is 82.3 Å². The zero-order valence-corrected chi connectivity index (χ0v) is 17.7. The molecule has 4 fully saturated rings. The molecule has 0 unspecified atom stereocenters. The summed E-state index contributed by atoms with van der Waals surface area (Å²) >= 11 is 0. The van der Waals surface area contributed by atoms with Crippen LogP contribution in [0.1, 0.15) is 60.5 Å². The molecular formula is C24H29N3O3. The Bertz CT molecular complexity index is 990. The Morgan fingerprint density at radius 1 is 1.03 bits per heavy atom. The Labute approximate surface area is 177 Å². The number of benzene rings is 1. The lowest BCUT2D eigenvalue weighted by Crippen LogP contribution is -2.59. The number of aromatic nitrogens is 2. The second-order valence-electron chi connectivity index (χ2n) is 9.91. The first-order valence-electron chi connectivity index (χ1n) is 11.3. The number of imidazole rings is 1. The van der Waals surface area contributed by atoms with Crippen LogP contribution >= 0.6 is 0 Å². The molecule has 0 atom stereocenters. The summed E-state index contributed by atoms with van der Waals surface area (Å²) in [5, 5.41) is 3.46. The van der Waals surface area contributed by atoms with E-state index in [-0.39, 0.29) is 11.4 Å².